The molecule has 398 valence electrons. The Balaban J connectivity index is -0.000000743. The van der Waals surface area contributed by atoms with Crippen LogP contribution in [0, 0.1) is 5.92 Å². The van der Waals surface area contributed by atoms with Gasteiger partial charge in [-0.25, -0.2) is 0 Å². The van der Waals surface area contributed by atoms with Crippen LogP contribution < -0.4 is 0 Å². The molecular weight excluding hydrogens is 940 g/mol. The van der Waals surface area contributed by atoms with Crippen LogP contribution in [-0.2, 0) is 110 Å². The van der Waals surface area contributed by atoms with Crippen LogP contribution >= 0.6 is 0 Å². The molecule has 5 unspecified atom stereocenters. The molecule has 0 spiro atoms. The van der Waals surface area contributed by atoms with Crippen molar-refractivity contribution >= 4 is 73.1 Å². The Morgan fingerprint density at radius 3 is 1.52 bits per heavy atom. The van der Waals surface area contributed by atoms with E-state index < -0.39 is 117 Å². The van der Waals surface area contributed by atoms with Crippen LogP contribution in [0.5, 0.6) is 0 Å². The summed E-state index contributed by atoms with van der Waals surface area (Å²) in [5, 5.41) is 43.6. The normalized spacial score (nSPS) is 12.1. The zero-order chi connectivity index (χ0) is 53.4. The molecule has 0 rings (SSSR count). The number of hydrogen-bond acceptors (Lipinski definition) is 26. The lowest BCUT2D eigenvalue weighted by Crippen LogP contribution is -2.32. The van der Waals surface area contributed by atoms with Crippen molar-refractivity contribution in [1.82, 2.24) is 0 Å². The maximum atomic E-state index is 12.4. The summed E-state index contributed by atoms with van der Waals surface area (Å²) in [6.07, 6.45) is -5.72. The lowest BCUT2D eigenvalue weighted by atomic mass is 10.1. The highest BCUT2D eigenvalue weighted by atomic mass is 16.6. The summed E-state index contributed by atoms with van der Waals surface area (Å²) in [6, 6.07) is 0. The highest BCUT2D eigenvalue weighted by molar-refractivity contribution is 5.93. The maximum absolute atomic E-state index is 12.4. The van der Waals surface area contributed by atoms with Gasteiger partial charge >= 0.3 is 60.2 Å². The van der Waals surface area contributed by atoms with Gasteiger partial charge in [-0.2, -0.15) is 0 Å². The Morgan fingerprint density at radius 2 is 1.03 bits per heavy atom. The fourth-order valence-electron chi connectivity index (χ4n) is 4.04. The van der Waals surface area contributed by atoms with E-state index in [1.807, 2.05) is 0 Å². The zero-order valence-corrected chi connectivity index (χ0v) is 39.2. The van der Waals surface area contributed by atoms with Gasteiger partial charge in [0, 0.05) is 13.0 Å². The van der Waals surface area contributed by atoms with Crippen molar-refractivity contribution in [3.63, 3.8) is 0 Å². The molecule has 5 atom stereocenters. The van der Waals surface area contributed by atoms with Gasteiger partial charge < -0.3 is 77.6 Å². The number of esters is 7. The molecule has 28 heteroatoms. The third-order valence-corrected chi connectivity index (χ3v) is 6.83. The molecule has 0 amide bonds. The van der Waals surface area contributed by atoms with Crippen molar-refractivity contribution in [2.75, 3.05) is 72.7 Å². The fourth-order valence-corrected chi connectivity index (χ4v) is 4.04. The Morgan fingerprint density at radius 1 is 0.507 bits per heavy atom. The molecule has 0 aromatic heterocycles. The first-order valence-corrected chi connectivity index (χ1v) is 21.0. The average Bonchev–Trinajstić information content (AvgIpc) is 3.24. The van der Waals surface area contributed by atoms with E-state index >= 15 is 0 Å². The van der Waals surface area contributed by atoms with Gasteiger partial charge in [0.15, 0.2) is 6.10 Å². The number of carboxylic acid groups (broad SMARTS) is 2. The minimum atomic E-state index is -1.32. The van der Waals surface area contributed by atoms with Crippen LogP contribution in [0.3, 0.4) is 0 Å². The van der Waals surface area contributed by atoms with E-state index in [1.165, 1.54) is 0 Å². The van der Waals surface area contributed by atoms with E-state index in [1.54, 1.807) is 34.6 Å². The zero-order valence-electron chi connectivity index (χ0n) is 39.2. The summed E-state index contributed by atoms with van der Waals surface area (Å²) < 4.78 is 52.4. The molecule has 5 N–H and O–H groups in total. The molecule has 0 saturated carbocycles. The van der Waals surface area contributed by atoms with Crippen LogP contribution in [0.25, 0.3) is 0 Å². The second-order valence-electron chi connectivity index (χ2n) is 13.4. The number of aliphatic hydroxyl groups excluding tert-OH is 3. The quantitative estimate of drug-likeness (QED) is 0.0161. The Hall–Kier alpha value is -6.36. The molecule has 0 aliphatic heterocycles. The molecule has 0 aliphatic carbocycles. The van der Waals surface area contributed by atoms with Crippen molar-refractivity contribution in [3.05, 3.63) is 0 Å². The van der Waals surface area contributed by atoms with Gasteiger partial charge in [-0.15, -0.1) is 0 Å². The second kappa shape index (κ2) is 48.1. The third kappa shape index (κ3) is 54.1. The van der Waals surface area contributed by atoms with Gasteiger partial charge in [-0.1, -0.05) is 6.92 Å². The number of carbonyl (C=O) groups is 12. The first-order chi connectivity index (χ1) is 32.6. The van der Waals surface area contributed by atoms with Crippen molar-refractivity contribution in [2.45, 2.75) is 110 Å². The number of aliphatic carboxylic acids is 2. The number of unbranched alkanes of at least 4 members (excludes halogenated alkanes) is 1. The van der Waals surface area contributed by atoms with E-state index in [2.05, 4.69) is 23.7 Å². The van der Waals surface area contributed by atoms with Crippen LogP contribution in [0.2, 0.25) is 0 Å². The van der Waals surface area contributed by atoms with Crippen molar-refractivity contribution < 1.29 is 135 Å². The monoisotopic (exact) mass is 1010 g/mol. The first kappa shape index (κ1) is 69.2. The molecule has 69 heavy (non-hydrogen) atoms. The van der Waals surface area contributed by atoms with Gasteiger partial charge in [-0.05, 0) is 46.5 Å². The topological polar surface area (TPSA) is 408 Å². The molecule has 0 bridgehead atoms. The van der Waals surface area contributed by atoms with Gasteiger partial charge in [-0.3, -0.25) is 57.5 Å². The minimum absolute atomic E-state index is 0.0204. The first-order valence-electron chi connectivity index (χ1n) is 21.0. The molecule has 0 saturated heterocycles. The Bertz CT molecular complexity index is 1480. The van der Waals surface area contributed by atoms with Crippen molar-refractivity contribution in [2.24, 2.45) is 5.92 Å². The van der Waals surface area contributed by atoms with Crippen molar-refractivity contribution in [1.29, 1.82) is 0 Å². The maximum Gasteiger partial charge on any atom is 0.324 e. The van der Waals surface area contributed by atoms with E-state index in [-0.39, 0.29) is 90.7 Å². The van der Waals surface area contributed by atoms with Gasteiger partial charge in [0.1, 0.15) is 44.7 Å². The van der Waals surface area contributed by atoms with E-state index in [0.29, 0.717) is 19.7 Å². The predicted octanol–water partition coefficient (Wildman–Crippen LogP) is -1.26. The van der Waals surface area contributed by atoms with Crippen LogP contribution in [0.1, 0.15) is 86.0 Å². The summed E-state index contributed by atoms with van der Waals surface area (Å²) >= 11 is 0. The molecule has 0 radical (unpaired) electrons. The van der Waals surface area contributed by atoms with Crippen LogP contribution in [0.4, 0.5) is 0 Å². The minimum Gasteiger partial charge on any atom is -0.481 e. The smallest absolute Gasteiger partial charge is 0.324 e. The van der Waals surface area contributed by atoms with E-state index in [9.17, 15) is 62.6 Å². The summed E-state index contributed by atoms with van der Waals surface area (Å²) in [4.78, 5) is 129. The molecule has 0 heterocycles. The van der Waals surface area contributed by atoms with Gasteiger partial charge in [0.05, 0.1) is 71.8 Å². The lowest BCUT2D eigenvalue weighted by molar-refractivity contribution is -0.167. The predicted molar refractivity (Wildman–Crippen MR) is 225 cm³/mol. The number of aliphatic hydroxyl groups is 3. The van der Waals surface area contributed by atoms with E-state index in [0.717, 1.165) is 0 Å². The van der Waals surface area contributed by atoms with Crippen LogP contribution in [-0.4, -0.2) is 196 Å². The summed E-state index contributed by atoms with van der Waals surface area (Å²) in [6.45, 7) is 7.45. The highest BCUT2D eigenvalue weighted by Crippen LogP contribution is 2.10. The number of rotatable bonds is 36. The summed E-state index contributed by atoms with van der Waals surface area (Å²) in [7, 11) is 0. The standard InChI is InChI=1S/C27H40O19.C6H12O3.C5H8O4.C3H6O2/c1-18(6-27(38)46-21(14-41-16-29)15-43-25(36)8-26(37)44-17-30)10-39-12-20(13-40-11-19(31)9-28)45-23(34)4-2-3-5-42-24(35)7-22(32)33;1-3-9-6(8)4-5(2)7;1-2-9-5(8)3-4(6)7;1-2-5-3-4/h16-21,28,31H,2-15H2,1H3,(H,32,33);5,7H,3-4H2,1-2H3;2-3H2,1H3,(H,6,7);3H,2H2,1H3. The van der Waals surface area contributed by atoms with Crippen LogP contribution in [0.15, 0.2) is 0 Å². The van der Waals surface area contributed by atoms with E-state index in [4.69, 9.17) is 48.8 Å². The van der Waals surface area contributed by atoms with Gasteiger partial charge in [0.2, 0.25) is 0 Å². The average molecular weight is 1010 g/mol. The molecule has 0 aromatic rings. The SMILES string of the molecule is CC(COCC(COCC(O)CO)OC(=O)CCCCOC(=O)CC(=O)O)CC(=O)OC(COC=O)COC(=O)CC(=O)OC=O.CCOC(=O)CC(=O)O.CCOC(=O)CC(C)O.CCOC=O. The fraction of sp³-hybridized carbons (Fsp3) is 0.707. The third-order valence-electron chi connectivity index (χ3n) is 6.83. The Labute approximate surface area is 397 Å². The molecule has 28 nitrogen and oxygen atoms in total. The largest absolute Gasteiger partial charge is 0.481 e. The second-order valence-corrected chi connectivity index (χ2v) is 13.4. The van der Waals surface area contributed by atoms with Gasteiger partial charge in [0.25, 0.3) is 12.9 Å². The number of ether oxygens (including phenoxy) is 11. The number of hydrogen-bond donors (Lipinski definition) is 5. The molecular formula is C41H66O28. The highest BCUT2D eigenvalue weighted by Gasteiger charge is 2.22. The summed E-state index contributed by atoms with van der Waals surface area (Å²) in [5.41, 5.74) is 0. The summed E-state index contributed by atoms with van der Waals surface area (Å²) in [5.74, 6) is -8.51. The molecule has 0 fully saturated rings. The Kier molecular flexibility index (Phi) is 48.3. The lowest BCUT2D eigenvalue weighted by Gasteiger charge is -2.21. The molecule has 0 aliphatic rings. The number of carboxylic acids is 2. The molecule has 0 aromatic carbocycles. The number of carbonyl (C=O) groups excluding carboxylic acids is 10. The van der Waals surface area contributed by atoms with Crippen molar-refractivity contribution in [3.8, 4) is 0 Å².